The second-order valence-corrected chi connectivity index (χ2v) is 9.17. The van der Waals surface area contributed by atoms with Crippen LogP contribution in [0.1, 0.15) is 97.3 Å². The van der Waals surface area contributed by atoms with E-state index in [1.165, 1.54) is 83.5 Å². The zero-order chi connectivity index (χ0) is 15.1. The monoisotopic (exact) mass is 356 g/mol. The highest BCUT2D eigenvalue weighted by Gasteiger charge is 2.29. The Morgan fingerprint density at radius 3 is 1.62 bits per heavy atom. The zero-order valence-corrected chi connectivity index (χ0v) is 16.0. The van der Waals surface area contributed by atoms with E-state index in [9.17, 15) is 0 Å². The summed E-state index contributed by atoms with van der Waals surface area (Å²) in [6.07, 6.45) is 19.2. The zero-order valence-electron chi connectivity index (χ0n) is 14.5. The Kier molecular flexibility index (Phi) is 8.13. The van der Waals surface area contributed by atoms with Gasteiger partial charge in [-0.25, -0.2) is 0 Å². The molecule has 0 radical (unpaired) electrons. The van der Waals surface area contributed by atoms with E-state index in [-0.39, 0.29) is 0 Å². The van der Waals surface area contributed by atoms with Crippen LogP contribution in [0.4, 0.5) is 0 Å². The number of hydrogen-bond acceptors (Lipinski definition) is 0. The Balaban J connectivity index is 1.65. The molecule has 21 heavy (non-hydrogen) atoms. The molecule has 0 heterocycles. The molecular formula is C20H37Br. The predicted molar refractivity (Wildman–Crippen MR) is 98.0 cm³/mol. The maximum atomic E-state index is 4.08. The summed E-state index contributed by atoms with van der Waals surface area (Å²) in [5, 5.41) is 0. The molecule has 0 aliphatic heterocycles. The first-order chi connectivity index (χ1) is 10.2. The molecule has 2 aliphatic carbocycles. The Bertz CT molecular complexity index is 259. The van der Waals surface area contributed by atoms with Crippen molar-refractivity contribution in [2.24, 2.45) is 23.7 Å². The third-order valence-corrected chi connectivity index (χ3v) is 7.44. The van der Waals surface area contributed by atoms with Crippen molar-refractivity contribution in [3.8, 4) is 0 Å². The van der Waals surface area contributed by atoms with E-state index < -0.39 is 0 Å². The maximum absolute atomic E-state index is 4.08. The summed E-state index contributed by atoms with van der Waals surface area (Å²) in [5.41, 5.74) is 0. The van der Waals surface area contributed by atoms with Gasteiger partial charge in [0.25, 0.3) is 0 Å². The molecule has 2 saturated carbocycles. The first-order valence-electron chi connectivity index (χ1n) is 9.86. The van der Waals surface area contributed by atoms with Gasteiger partial charge in [0.15, 0.2) is 0 Å². The summed E-state index contributed by atoms with van der Waals surface area (Å²) in [6, 6.07) is 0. The van der Waals surface area contributed by atoms with E-state index in [0.29, 0.717) is 0 Å². The molecule has 2 rings (SSSR count). The Morgan fingerprint density at radius 2 is 1.14 bits per heavy atom. The molecule has 1 heteroatoms. The minimum atomic E-state index is 0.813. The van der Waals surface area contributed by atoms with Crippen LogP contribution in [0.3, 0.4) is 0 Å². The quantitative estimate of drug-likeness (QED) is 0.418. The molecule has 2 fully saturated rings. The molecule has 0 aromatic heterocycles. The van der Waals surface area contributed by atoms with Crippen molar-refractivity contribution in [3.05, 3.63) is 0 Å². The molecule has 0 aromatic rings. The minimum Gasteiger partial charge on any atom is -0.0888 e. The fourth-order valence-corrected chi connectivity index (χ4v) is 5.98. The van der Waals surface area contributed by atoms with E-state index >= 15 is 0 Å². The van der Waals surface area contributed by atoms with Crippen LogP contribution in [-0.2, 0) is 0 Å². The molecule has 1 unspecified atom stereocenters. The number of halogens is 1. The van der Waals surface area contributed by atoms with Gasteiger partial charge in [-0.05, 0) is 42.9 Å². The Hall–Kier alpha value is 0.480. The predicted octanol–water partition coefficient (Wildman–Crippen LogP) is 7.35. The largest absolute Gasteiger partial charge is 0.0888 e. The standard InChI is InChI=1S/C20H37Br/c1-3-5-16-7-9-18(10-8-16)15-20(21)19-13-11-17(6-4-2)12-14-19/h16-20H,3-15H2,1-2H3/t16-,17-,18-,19-,20?. The fourth-order valence-electron chi connectivity index (χ4n) is 4.92. The van der Waals surface area contributed by atoms with Crippen molar-refractivity contribution in [2.75, 3.05) is 0 Å². The lowest BCUT2D eigenvalue weighted by Crippen LogP contribution is -2.25. The summed E-state index contributed by atoms with van der Waals surface area (Å²) in [4.78, 5) is 0.813. The minimum absolute atomic E-state index is 0.813. The summed E-state index contributed by atoms with van der Waals surface area (Å²) < 4.78 is 0. The van der Waals surface area contributed by atoms with Crippen LogP contribution in [-0.4, -0.2) is 4.83 Å². The van der Waals surface area contributed by atoms with Crippen LogP contribution in [0.25, 0.3) is 0 Å². The van der Waals surface area contributed by atoms with Gasteiger partial charge in [-0.3, -0.25) is 0 Å². The lowest BCUT2D eigenvalue weighted by atomic mass is 9.74. The molecule has 0 N–H and O–H groups in total. The van der Waals surface area contributed by atoms with Gasteiger partial charge in [-0.1, -0.05) is 94.0 Å². The van der Waals surface area contributed by atoms with Crippen molar-refractivity contribution in [1.82, 2.24) is 0 Å². The van der Waals surface area contributed by atoms with Gasteiger partial charge in [0.2, 0.25) is 0 Å². The van der Waals surface area contributed by atoms with E-state index in [1.54, 1.807) is 0 Å². The fraction of sp³-hybridized carbons (Fsp3) is 1.00. The van der Waals surface area contributed by atoms with E-state index in [2.05, 4.69) is 29.8 Å². The highest BCUT2D eigenvalue weighted by molar-refractivity contribution is 9.09. The van der Waals surface area contributed by atoms with Crippen LogP contribution >= 0.6 is 15.9 Å². The second kappa shape index (κ2) is 9.58. The maximum Gasteiger partial charge on any atom is 0.0176 e. The summed E-state index contributed by atoms with van der Waals surface area (Å²) in [7, 11) is 0. The highest BCUT2D eigenvalue weighted by Crippen LogP contribution is 2.40. The SMILES string of the molecule is CCC[C@H]1CC[C@H](CC(Br)[C@H]2CC[C@H](CCC)CC2)CC1. The van der Waals surface area contributed by atoms with Gasteiger partial charge < -0.3 is 0 Å². The number of alkyl halides is 1. The average Bonchev–Trinajstić information content (AvgIpc) is 2.50. The topological polar surface area (TPSA) is 0 Å². The summed E-state index contributed by atoms with van der Waals surface area (Å²) in [6.45, 7) is 4.68. The first kappa shape index (κ1) is 17.8. The Morgan fingerprint density at radius 1 is 0.714 bits per heavy atom. The number of hydrogen-bond donors (Lipinski definition) is 0. The molecule has 0 amide bonds. The van der Waals surface area contributed by atoms with Gasteiger partial charge in [-0.2, -0.15) is 0 Å². The van der Waals surface area contributed by atoms with Gasteiger partial charge in [0, 0.05) is 4.83 Å². The molecular weight excluding hydrogens is 320 g/mol. The molecule has 124 valence electrons. The summed E-state index contributed by atoms with van der Waals surface area (Å²) in [5.74, 6) is 4.11. The van der Waals surface area contributed by atoms with Crippen molar-refractivity contribution < 1.29 is 0 Å². The van der Waals surface area contributed by atoms with Crippen LogP contribution < -0.4 is 0 Å². The third kappa shape index (κ3) is 5.88. The van der Waals surface area contributed by atoms with Crippen LogP contribution in [0.5, 0.6) is 0 Å². The Labute approximate surface area is 142 Å². The van der Waals surface area contributed by atoms with Crippen molar-refractivity contribution in [3.63, 3.8) is 0 Å². The lowest BCUT2D eigenvalue weighted by Gasteiger charge is -2.35. The highest BCUT2D eigenvalue weighted by atomic mass is 79.9. The molecule has 0 nitrogen and oxygen atoms in total. The molecule has 1 atom stereocenters. The summed E-state index contributed by atoms with van der Waals surface area (Å²) >= 11 is 4.08. The second-order valence-electron chi connectivity index (χ2n) is 8.00. The van der Waals surface area contributed by atoms with Gasteiger partial charge >= 0.3 is 0 Å². The smallest absolute Gasteiger partial charge is 0.0176 e. The molecule has 0 saturated heterocycles. The number of rotatable bonds is 7. The molecule has 2 aliphatic rings. The molecule has 0 aromatic carbocycles. The molecule has 0 bridgehead atoms. The van der Waals surface area contributed by atoms with E-state index in [4.69, 9.17) is 0 Å². The van der Waals surface area contributed by atoms with Crippen molar-refractivity contribution >= 4 is 15.9 Å². The lowest BCUT2D eigenvalue weighted by molar-refractivity contribution is 0.216. The van der Waals surface area contributed by atoms with Gasteiger partial charge in [0.1, 0.15) is 0 Å². The third-order valence-electron chi connectivity index (χ3n) is 6.32. The molecule has 0 spiro atoms. The van der Waals surface area contributed by atoms with Gasteiger partial charge in [0.05, 0.1) is 0 Å². The van der Waals surface area contributed by atoms with E-state index in [1.807, 2.05) is 0 Å². The van der Waals surface area contributed by atoms with Crippen molar-refractivity contribution in [1.29, 1.82) is 0 Å². The van der Waals surface area contributed by atoms with Gasteiger partial charge in [-0.15, -0.1) is 0 Å². The van der Waals surface area contributed by atoms with Crippen LogP contribution in [0.15, 0.2) is 0 Å². The first-order valence-corrected chi connectivity index (χ1v) is 10.8. The van der Waals surface area contributed by atoms with Crippen LogP contribution in [0.2, 0.25) is 0 Å². The average molecular weight is 357 g/mol. The normalized spacial score (nSPS) is 35.6. The van der Waals surface area contributed by atoms with Crippen molar-refractivity contribution in [2.45, 2.75) is 102 Å². The van der Waals surface area contributed by atoms with Crippen LogP contribution in [0, 0.1) is 23.7 Å². The van der Waals surface area contributed by atoms with E-state index in [0.717, 1.165) is 28.5 Å².